The lowest BCUT2D eigenvalue weighted by Crippen LogP contribution is -2.26. The van der Waals surface area contributed by atoms with Gasteiger partial charge in [-0.25, -0.2) is 9.97 Å². The fraction of sp³-hybridized carbons (Fsp3) is 0.615. The molecule has 0 aliphatic carbocycles. The van der Waals surface area contributed by atoms with E-state index in [0.29, 0.717) is 30.7 Å². The summed E-state index contributed by atoms with van der Waals surface area (Å²) >= 11 is 0. The molecule has 6 nitrogen and oxygen atoms in total. The molecule has 1 unspecified atom stereocenters. The van der Waals surface area contributed by atoms with E-state index in [4.69, 9.17) is 4.74 Å². The van der Waals surface area contributed by atoms with Crippen LogP contribution in [0.5, 0.6) is 0 Å². The molecule has 1 rings (SSSR count). The van der Waals surface area contributed by atoms with Gasteiger partial charge in [-0.2, -0.15) is 0 Å². The van der Waals surface area contributed by atoms with E-state index in [9.17, 15) is 4.79 Å². The van der Waals surface area contributed by atoms with Crippen molar-refractivity contribution >= 4 is 11.7 Å². The molecule has 1 amide bonds. The van der Waals surface area contributed by atoms with Crippen LogP contribution >= 0.6 is 0 Å². The third-order valence-corrected chi connectivity index (χ3v) is 2.70. The van der Waals surface area contributed by atoms with E-state index in [1.54, 1.807) is 13.3 Å². The molecule has 1 atom stereocenters. The first kappa shape index (κ1) is 15.4. The van der Waals surface area contributed by atoms with Crippen LogP contribution in [0.1, 0.15) is 37.2 Å². The standard InChI is InChI=1S/C13H22N4O2/c1-4-10(2)17-12-9-15-11(8-16-12)13(18)14-6-5-7-19-3/h8-10H,4-7H2,1-3H3,(H,14,18)(H,16,17). The second-order valence-electron chi connectivity index (χ2n) is 4.34. The molecule has 0 saturated heterocycles. The highest BCUT2D eigenvalue weighted by atomic mass is 16.5. The highest BCUT2D eigenvalue weighted by Crippen LogP contribution is 2.04. The van der Waals surface area contributed by atoms with Crippen LogP contribution in [0.2, 0.25) is 0 Å². The Morgan fingerprint density at radius 2 is 2.21 bits per heavy atom. The minimum absolute atomic E-state index is 0.210. The minimum atomic E-state index is -0.210. The number of nitrogens with zero attached hydrogens (tertiary/aromatic N) is 2. The first-order valence-corrected chi connectivity index (χ1v) is 6.53. The largest absolute Gasteiger partial charge is 0.385 e. The van der Waals surface area contributed by atoms with Crippen LogP contribution in [-0.4, -0.2) is 42.2 Å². The van der Waals surface area contributed by atoms with Gasteiger partial charge in [-0.1, -0.05) is 6.92 Å². The summed E-state index contributed by atoms with van der Waals surface area (Å²) in [6, 6.07) is 0.336. The number of amides is 1. The molecule has 0 aromatic carbocycles. The topological polar surface area (TPSA) is 76.1 Å². The SMILES string of the molecule is CCC(C)Nc1cnc(C(=O)NCCCOC)cn1. The predicted molar refractivity (Wildman–Crippen MR) is 74.2 cm³/mol. The number of methoxy groups -OCH3 is 1. The molecule has 0 fully saturated rings. The molecular weight excluding hydrogens is 244 g/mol. The summed E-state index contributed by atoms with van der Waals surface area (Å²) in [5.74, 6) is 0.476. The second-order valence-corrected chi connectivity index (χ2v) is 4.34. The maximum Gasteiger partial charge on any atom is 0.271 e. The number of carbonyl (C=O) groups is 1. The Balaban J connectivity index is 2.44. The Hall–Kier alpha value is -1.69. The smallest absolute Gasteiger partial charge is 0.271 e. The normalized spacial score (nSPS) is 11.9. The van der Waals surface area contributed by atoms with E-state index < -0.39 is 0 Å². The van der Waals surface area contributed by atoms with Crippen LogP contribution in [0.15, 0.2) is 12.4 Å². The van der Waals surface area contributed by atoms with Gasteiger partial charge in [-0.05, 0) is 19.8 Å². The third kappa shape index (κ3) is 5.65. The molecule has 1 aromatic rings. The van der Waals surface area contributed by atoms with E-state index in [-0.39, 0.29) is 5.91 Å². The Morgan fingerprint density at radius 3 is 2.79 bits per heavy atom. The summed E-state index contributed by atoms with van der Waals surface area (Å²) in [7, 11) is 1.64. The first-order chi connectivity index (χ1) is 9.17. The van der Waals surface area contributed by atoms with Gasteiger partial charge in [0.1, 0.15) is 11.5 Å². The van der Waals surface area contributed by atoms with E-state index in [2.05, 4.69) is 34.4 Å². The molecular formula is C13H22N4O2. The number of aromatic nitrogens is 2. The zero-order valence-electron chi connectivity index (χ0n) is 11.8. The molecule has 0 bridgehead atoms. The van der Waals surface area contributed by atoms with Crippen molar-refractivity contribution in [2.75, 3.05) is 25.6 Å². The number of carbonyl (C=O) groups excluding carboxylic acids is 1. The van der Waals surface area contributed by atoms with Gasteiger partial charge >= 0.3 is 0 Å². The van der Waals surface area contributed by atoms with Crippen molar-refractivity contribution in [1.29, 1.82) is 0 Å². The van der Waals surface area contributed by atoms with Gasteiger partial charge in [-0.3, -0.25) is 4.79 Å². The Bertz CT molecular complexity index is 381. The third-order valence-electron chi connectivity index (χ3n) is 2.70. The number of ether oxygens (including phenoxy) is 1. The Morgan fingerprint density at radius 1 is 1.42 bits per heavy atom. The van der Waals surface area contributed by atoms with Gasteiger partial charge in [0, 0.05) is 26.3 Å². The lowest BCUT2D eigenvalue weighted by Gasteiger charge is -2.11. The number of hydrogen-bond acceptors (Lipinski definition) is 5. The van der Waals surface area contributed by atoms with Crippen molar-refractivity contribution in [3.05, 3.63) is 18.1 Å². The Kier molecular flexibility index (Phi) is 6.81. The van der Waals surface area contributed by atoms with Crippen molar-refractivity contribution < 1.29 is 9.53 Å². The molecule has 6 heteroatoms. The number of anilines is 1. The quantitative estimate of drug-likeness (QED) is 0.697. The van der Waals surface area contributed by atoms with E-state index in [1.807, 2.05) is 0 Å². The average Bonchev–Trinajstić information content (AvgIpc) is 2.44. The summed E-state index contributed by atoms with van der Waals surface area (Å²) < 4.78 is 4.91. The van der Waals surface area contributed by atoms with Crippen molar-refractivity contribution in [3.63, 3.8) is 0 Å². The van der Waals surface area contributed by atoms with E-state index in [1.165, 1.54) is 6.20 Å². The number of nitrogens with one attached hydrogen (secondary N) is 2. The summed E-state index contributed by atoms with van der Waals surface area (Å²) in [6.45, 7) is 5.36. The highest BCUT2D eigenvalue weighted by Gasteiger charge is 2.07. The molecule has 1 heterocycles. The molecule has 0 spiro atoms. The minimum Gasteiger partial charge on any atom is -0.385 e. The fourth-order valence-corrected chi connectivity index (χ4v) is 1.38. The molecule has 0 aliphatic heterocycles. The maximum absolute atomic E-state index is 11.7. The van der Waals surface area contributed by atoms with Crippen molar-refractivity contribution in [1.82, 2.24) is 15.3 Å². The molecule has 1 aromatic heterocycles. The van der Waals surface area contributed by atoms with E-state index >= 15 is 0 Å². The number of hydrogen-bond donors (Lipinski definition) is 2. The van der Waals surface area contributed by atoms with Gasteiger partial charge < -0.3 is 15.4 Å². The molecule has 0 saturated carbocycles. The van der Waals surface area contributed by atoms with Crippen LogP contribution in [-0.2, 0) is 4.74 Å². The average molecular weight is 266 g/mol. The molecule has 0 aliphatic rings. The second kappa shape index (κ2) is 8.42. The Labute approximate surface area is 114 Å². The first-order valence-electron chi connectivity index (χ1n) is 6.53. The van der Waals surface area contributed by atoms with Crippen LogP contribution in [0, 0.1) is 0 Å². The van der Waals surface area contributed by atoms with Crippen molar-refractivity contribution in [3.8, 4) is 0 Å². The lowest BCUT2D eigenvalue weighted by molar-refractivity contribution is 0.0943. The van der Waals surface area contributed by atoms with E-state index in [0.717, 1.165) is 12.8 Å². The molecule has 0 radical (unpaired) electrons. The zero-order valence-corrected chi connectivity index (χ0v) is 11.8. The van der Waals surface area contributed by atoms with Crippen LogP contribution in [0.3, 0.4) is 0 Å². The zero-order chi connectivity index (χ0) is 14.1. The molecule has 2 N–H and O–H groups in total. The van der Waals surface area contributed by atoms with Crippen LogP contribution < -0.4 is 10.6 Å². The molecule has 19 heavy (non-hydrogen) atoms. The van der Waals surface area contributed by atoms with Crippen LogP contribution in [0.4, 0.5) is 5.82 Å². The van der Waals surface area contributed by atoms with Crippen molar-refractivity contribution in [2.45, 2.75) is 32.7 Å². The van der Waals surface area contributed by atoms with Gasteiger partial charge in [0.2, 0.25) is 0 Å². The fourth-order valence-electron chi connectivity index (χ4n) is 1.38. The number of rotatable bonds is 8. The van der Waals surface area contributed by atoms with Crippen molar-refractivity contribution in [2.24, 2.45) is 0 Å². The monoisotopic (exact) mass is 266 g/mol. The summed E-state index contributed by atoms with van der Waals surface area (Å²) in [5, 5.41) is 5.96. The highest BCUT2D eigenvalue weighted by molar-refractivity contribution is 5.91. The van der Waals surface area contributed by atoms with Gasteiger partial charge in [-0.15, -0.1) is 0 Å². The maximum atomic E-state index is 11.7. The van der Waals surface area contributed by atoms with Gasteiger partial charge in [0.15, 0.2) is 0 Å². The predicted octanol–water partition coefficient (Wildman–Crippen LogP) is 1.45. The van der Waals surface area contributed by atoms with Gasteiger partial charge in [0.25, 0.3) is 5.91 Å². The van der Waals surface area contributed by atoms with Gasteiger partial charge in [0.05, 0.1) is 12.4 Å². The summed E-state index contributed by atoms with van der Waals surface area (Å²) in [6.07, 6.45) is 4.85. The molecule has 106 valence electrons. The summed E-state index contributed by atoms with van der Waals surface area (Å²) in [4.78, 5) is 20.0. The summed E-state index contributed by atoms with van der Waals surface area (Å²) in [5.41, 5.74) is 0.326. The lowest BCUT2D eigenvalue weighted by atomic mass is 10.3. The van der Waals surface area contributed by atoms with Crippen LogP contribution in [0.25, 0.3) is 0 Å².